The number of carbonyl (C=O) groups excluding carboxylic acids is 1. The normalized spacial score (nSPS) is 10.3. The van der Waals surface area contributed by atoms with Gasteiger partial charge in [0.15, 0.2) is 11.5 Å². The second-order valence-corrected chi connectivity index (χ2v) is 4.27. The fourth-order valence-electron chi connectivity index (χ4n) is 1.99. The summed E-state index contributed by atoms with van der Waals surface area (Å²) in [6.07, 6.45) is 5.39. The second kappa shape index (κ2) is 6.75. The van der Waals surface area contributed by atoms with E-state index in [0.717, 1.165) is 18.5 Å². The van der Waals surface area contributed by atoms with Gasteiger partial charge in [-0.2, -0.15) is 0 Å². The molecule has 0 spiro atoms. The van der Waals surface area contributed by atoms with Gasteiger partial charge in [-0.1, -0.05) is 6.92 Å². The van der Waals surface area contributed by atoms with Crippen molar-refractivity contribution in [3.05, 3.63) is 42.0 Å². The fourth-order valence-corrected chi connectivity index (χ4v) is 1.99. The number of aryl methyl sites for hydroxylation is 1. The highest BCUT2D eigenvalue weighted by atomic mass is 16.5. The van der Waals surface area contributed by atoms with Gasteiger partial charge in [-0.05, 0) is 18.2 Å². The average molecular weight is 274 g/mol. The van der Waals surface area contributed by atoms with Crippen molar-refractivity contribution in [1.29, 1.82) is 0 Å². The SMILES string of the molecule is CCc1nccn1CCOc1cc(C=O)ccc1OC. The lowest BCUT2D eigenvalue weighted by Crippen LogP contribution is -2.10. The largest absolute Gasteiger partial charge is 0.493 e. The Labute approximate surface area is 118 Å². The van der Waals surface area contributed by atoms with Gasteiger partial charge in [0, 0.05) is 24.4 Å². The Morgan fingerprint density at radius 1 is 1.35 bits per heavy atom. The standard InChI is InChI=1S/C15H18N2O3/c1-3-15-16-6-7-17(15)8-9-20-14-10-12(11-18)4-5-13(14)19-2/h4-7,10-11H,3,8-9H2,1-2H3. The Morgan fingerprint density at radius 3 is 2.90 bits per heavy atom. The van der Waals surface area contributed by atoms with Gasteiger partial charge in [0.2, 0.25) is 0 Å². The summed E-state index contributed by atoms with van der Waals surface area (Å²) in [5.41, 5.74) is 0.567. The first-order chi connectivity index (χ1) is 9.78. The molecule has 1 heterocycles. The van der Waals surface area contributed by atoms with Crippen LogP contribution in [0.25, 0.3) is 0 Å². The molecule has 0 saturated heterocycles. The molecule has 5 heteroatoms. The second-order valence-electron chi connectivity index (χ2n) is 4.27. The summed E-state index contributed by atoms with van der Waals surface area (Å²) >= 11 is 0. The highest BCUT2D eigenvalue weighted by Gasteiger charge is 2.06. The number of aromatic nitrogens is 2. The van der Waals surface area contributed by atoms with E-state index in [4.69, 9.17) is 9.47 Å². The molecular weight excluding hydrogens is 256 g/mol. The summed E-state index contributed by atoms with van der Waals surface area (Å²) in [5.74, 6) is 2.23. The van der Waals surface area contributed by atoms with Crippen LogP contribution in [-0.2, 0) is 13.0 Å². The van der Waals surface area contributed by atoms with Crippen LogP contribution in [0.15, 0.2) is 30.6 Å². The van der Waals surface area contributed by atoms with Crippen LogP contribution in [0.4, 0.5) is 0 Å². The zero-order valence-corrected chi connectivity index (χ0v) is 11.7. The Bertz CT molecular complexity index is 578. The van der Waals surface area contributed by atoms with Gasteiger partial charge >= 0.3 is 0 Å². The van der Waals surface area contributed by atoms with E-state index in [0.29, 0.717) is 30.2 Å². The van der Waals surface area contributed by atoms with Gasteiger partial charge in [-0.15, -0.1) is 0 Å². The van der Waals surface area contributed by atoms with Crippen molar-refractivity contribution in [2.24, 2.45) is 0 Å². The van der Waals surface area contributed by atoms with Crippen LogP contribution in [0.5, 0.6) is 11.5 Å². The summed E-state index contributed by atoms with van der Waals surface area (Å²) in [5, 5.41) is 0. The number of hydrogen-bond donors (Lipinski definition) is 0. The zero-order chi connectivity index (χ0) is 14.4. The van der Waals surface area contributed by atoms with Crippen molar-refractivity contribution in [1.82, 2.24) is 9.55 Å². The summed E-state index contributed by atoms with van der Waals surface area (Å²) in [7, 11) is 1.58. The first kappa shape index (κ1) is 14.1. The zero-order valence-electron chi connectivity index (χ0n) is 11.7. The maximum Gasteiger partial charge on any atom is 0.161 e. The van der Waals surface area contributed by atoms with E-state index in [1.807, 2.05) is 6.20 Å². The van der Waals surface area contributed by atoms with Gasteiger partial charge in [0.25, 0.3) is 0 Å². The lowest BCUT2D eigenvalue weighted by molar-refractivity contribution is 0.112. The molecule has 106 valence electrons. The van der Waals surface area contributed by atoms with Gasteiger partial charge in [0.05, 0.1) is 13.7 Å². The molecule has 0 fully saturated rings. The fraction of sp³-hybridized carbons (Fsp3) is 0.333. The van der Waals surface area contributed by atoms with Crippen molar-refractivity contribution >= 4 is 6.29 Å². The molecule has 5 nitrogen and oxygen atoms in total. The third kappa shape index (κ3) is 3.17. The van der Waals surface area contributed by atoms with Crippen molar-refractivity contribution in [3.8, 4) is 11.5 Å². The number of hydrogen-bond acceptors (Lipinski definition) is 4. The van der Waals surface area contributed by atoms with Crippen LogP contribution >= 0.6 is 0 Å². The highest BCUT2D eigenvalue weighted by molar-refractivity contribution is 5.76. The Morgan fingerprint density at radius 2 is 2.20 bits per heavy atom. The molecule has 0 saturated carbocycles. The highest BCUT2D eigenvalue weighted by Crippen LogP contribution is 2.27. The first-order valence-corrected chi connectivity index (χ1v) is 6.54. The van der Waals surface area contributed by atoms with E-state index in [1.165, 1.54) is 0 Å². The van der Waals surface area contributed by atoms with Crippen LogP contribution in [0.2, 0.25) is 0 Å². The summed E-state index contributed by atoms with van der Waals surface area (Å²) < 4.78 is 13.0. The molecule has 0 aliphatic carbocycles. The number of carbonyl (C=O) groups is 1. The Kier molecular flexibility index (Phi) is 4.76. The maximum absolute atomic E-state index is 10.8. The lowest BCUT2D eigenvalue weighted by atomic mass is 10.2. The van der Waals surface area contributed by atoms with Crippen molar-refractivity contribution in [2.75, 3.05) is 13.7 Å². The number of imidazole rings is 1. The van der Waals surface area contributed by atoms with Gasteiger partial charge in [-0.25, -0.2) is 4.98 Å². The van der Waals surface area contributed by atoms with Gasteiger partial charge < -0.3 is 14.0 Å². The molecule has 0 bridgehead atoms. The molecule has 0 atom stereocenters. The van der Waals surface area contributed by atoms with E-state index >= 15 is 0 Å². The van der Waals surface area contributed by atoms with E-state index in [-0.39, 0.29) is 0 Å². The quantitative estimate of drug-likeness (QED) is 0.727. The summed E-state index contributed by atoms with van der Waals surface area (Å²) in [6.45, 7) is 3.26. The Hall–Kier alpha value is -2.30. The molecule has 0 radical (unpaired) electrons. The van der Waals surface area contributed by atoms with Gasteiger partial charge in [0.1, 0.15) is 18.7 Å². The topological polar surface area (TPSA) is 53.4 Å². The number of methoxy groups -OCH3 is 1. The molecule has 0 aliphatic rings. The van der Waals surface area contributed by atoms with Crippen LogP contribution in [-0.4, -0.2) is 29.6 Å². The van der Waals surface area contributed by atoms with E-state index in [9.17, 15) is 4.79 Å². The molecular formula is C15H18N2O3. The predicted molar refractivity (Wildman–Crippen MR) is 75.5 cm³/mol. The molecule has 1 aromatic heterocycles. The first-order valence-electron chi connectivity index (χ1n) is 6.54. The molecule has 0 aliphatic heterocycles. The monoisotopic (exact) mass is 274 g/mol. The molecule has 0 N–H and O–H groups in total. The molecule has 20 heavy (non-hydrogen) atoms. The summed E-state index contributed by atoms with van der Waals surface area (Å²) in [4.78, 5) is 15.1. The van der Waals surface area contributed by atoms with Crippen LogP contribution in [0.1, 0.15) is 23.1 Å². The third-order valence-corrected chi connectivity index (χ3v) is 3.03. The van der Waals surface area contributed by atoms with Gasteiger partial charge in [-0.3, -0.25) is 4.79 Å². The number of ether oxygens (including phenoxy) is 2. The van der Waals surface area contributed by atoms with Crippen molar-refractivity contribution in [2.45, 2.75) is 19.9 Å². The van der Waals surface area contributed by atoms with E-state index in [2.05, 4.69) is 16.5 Å². The predicted octanol–water partition coefficient (Wildman–Crippen LogP) is 2.35. The van der Waals surface area contributed by atoms with E-state index < -0.39 is 0 Å². The number of nitrogens with zero attached hydrogens (tertiary/aromatic N) is 2. The summed E-state index contributed by atoms with van der Waals surface area (Å²) in [6, 6.07) is 5.11. The number of aldehydes is 1. The maximum atomic E-state index is 10.8. The molecule has 0 amide bonds. The molecule has 2 rings (SSSR count). The third-order valence-electron chi connectivity index (χ3n) is 3.03. The minimum atomic E-state index is 0.488. The Balaban J connectivity index is 2.01. The van der Waals surface area contributed by atoms with Crippen molar-refractivity contribution < 1.29 is 14.3 Å². The minimum absolute atomic E-state index is 0.488. The number of rotatable bonds is 7. The minimum Gasteiger partial charge on any atom is -0.493 e. The average Bonchev–Trinajstić information content (AvgIpc) is 2.94. The molecule has 2 aromatic rings. The van der Waals surface area contributed by atoms with Crippen LogP contribution in [0.3, 0.4) is 0 Å². The molecule has 0 unspecified atom stereocenters. The van der Waals surface area contributed by atoms with Crippen molar-refractivity contribution in [3.63, 3.8) is 0 Å². The smallest absolute Gasteiger partial charge is 0.161 e. The molecule has 1 aromatic carbocycles. The lowest BCUT2D eigenvalue weighted by Gasteiger charge is -2.12. The van der Waals surface area contributed by atoms with Crippen LogP contribution < -0.4 is 9.47 Å². The van der Waals surface area contributed by atoms with E-state index in [1.54, 1.807) is 31.5 Å². The van der Waals surface area contributed by atoms with Crippen LogP contribution in [0, 0.1) is 0 Å². The number of benzene rings is 1.